The minimum atomic E-state index is 0.140. The Kier molecular flexibility index (Phi) is 6.67. The zero-order valence-electron chi connectivity index (χ0n) is 25.5. The van der Waals surface area contributed by atoms with Crippen LogP contribution in [-0.4, -0.2) is 17.7 Å². The van der Waals surface area contributed by atoms with Crippen LogP contribution >= 0.6 is 0 Å². The van der Waals surface area contributed by atoms with E-state index in [0.717, 1.165) is 67.7 Å². The van der Waals surface area contributed by atoms with Gasteiger partial charge in [0, 0.05) is 16.7 Å². The van der Waals surface area contributed by atoms with E-state index < -0.39 is 0 Å². The minimum Gasteiger partial charge on any atom is -0.456 e. The fourth-order valence-electron chi connectivity index (χ4n) is 8.17. The molecule has 3 heterocycles. The number of allylic oxidation sites excluding steroid dienone is 12. The maximum atomic E-state index is 6.58. The Labute approximate surface area is 264 Å². The predicted octanol–water partition coefficient (Wildman–Crippen LogP) is 10.5. The van der Waals surface area contributed by atoms with E-state index in [4.69, 9.17) is 14.1 Å². The number of hydrogen-bond donors (Lipinski definition) is 0. The molecule has 2 aromatic carbocycles. The van der Waals surface area contributed by atoms with Crippen molar-refractivity contribution in [2.45, 2.75) is 44.6 Å². The number of ether oxygens (including phenoxy) is 1. The van der Waals surface area contributed by atoms with Crippen molar-refractivity contribution in [1.29, 1.82) is 0 Å². The summed E-state index contributed by atoms with van der Waals surface area (Å²) in [7, 11) is 0. The quantitative estimate of drug-likeness (QED) is 0.238. The van der Waals surface area contributed by atoms with Crippen LogP contribution in [0.15, 0.2) is 120 Å². The third-order valence-electron chi connectivity index (χ3n) is 10.5. The molecule has 4 aromatic rings. The van der Waals surface area contributed by atoms with Crippen molar-refractivity contribution in [2.24, 2.45) is 17.8 Å². The molecule has 1 saturated heterocycles. The standard InChI is InChI=1S/C42H37NO2/c1-3-10-27(11-4-1)37-24-31(25-38(43-37)28-12-5-2-6-13-28)29-18-20-33-32(22-29)26-44-39-21-19-30(23-36(33)39)34-15-9-17-41-42(34)35-14-7-8-16-40(35)45-41/h1,3,5,7-10,12-19,21,23-25,32-33,36,39H,2,4,6,11,20,22,26H2. The van der Waals surface area contributed by atoms with Crippen LogP contribution in [0.25, 0.3) is 44.2 Å². The SMILES string of the molecule is C1=CCCC(c2cc(C3=CCC4C(COC5C=CC(c6cccc7oc8ccccc8c67)=CC54)C3)cc(C3=CCCC=C3)n2)=C1. The van der Waals surface area contributed by atoms with Gasteiger partial charge in [-0.3, -0.25) is 0 Å². The summed E-state index contributed by atoms with van der Waals surface area (Å²) >= 11 is 0. The summed E-state index contributed by atoms with van der Waals surface area (Å²) in [5, 5.41) is 2.38. The normalized spacial score (nSPS) is 25.8. The number of furan rings is 1. The van der Waals surface area contributed by atoms with E-state index >= 15 is 0 Å². The molecule has 3 nitrogen and oxygen atoms in total. The first-order chi connectivity index (χ1) is 22.3. The number of fused-ring (bicyclic) bond motifs is 6. The molecule has 0 spiro atoms. The van der Waals surface area contributed by atoms with Crippen molar-refractivity contribution in [2.75, 3.05) is 6.61 Å². The van der Waals surface area contributed by atoms with Gasteiger partial charge in [-0.25, -0.2) is 4.98 Å². The monoisotopic (exact) mass is 587 g/mol. The predicted molar refractivity (Wildman–Crippen MR) is 185 cm³/mol. The average Bonchev–Trinajstić information content (AvgIpc) is 3.51. The van der Waals surface area contributed by atoms with Gasteiger partial charge in [0.2, 0.25) is 0 Å². The van der Waals surface area contributed by atoms with Crippen LogP contribution in [0, 0.1) is 17.8 Å². The van der Waals surface area contributed by atoms with Gasteiger partial charge in [0.25, 0.3) is 0 Å². The smallest absolute Gasteiger partial charge is 0.136 e. The van der Waals surface area contributed by atoms with Gasteiger partial charge in [0.15, 0.2) is 0 Å². The molecule has 0 amide bonds. The van der Waals surface area contributed by atoms with Crippen LogP contribution in [0.3, 0.4) is 0 Å². The first-order valence-corrected chi connectivity index (χ1v) is 16.7. The number of aromatic nitrogens is 1. The third-order valence-corrected chi connectivity index (χ3v) is 10.5. The van der Waals surface area contributed by atoms with E-state index in [9.17, 15) is 0 Å². The molecule has 4 atom stereocenters. The van der Waals surface area contributed by atoms with E-state index in [0.29, 0.717) is 17.8 Å². The van der Waals surface area contributed by atoms with Gasteiger partial charge in [-0.05, 0) is 108 Å². The Morgan fingerprint density at radius 1 is 0.800 bits per heavy atom. The molecular weight excluding hydrogens is 550 g/mol. The van der Waals surface area contributed by atoms with Crippen LogP contribution in [0.2, 0.25) is 0 Å². The first kappa shape index (κ1) is 26.9. The fraction of sp³-hybridized carbons (Fsp3) is 0.262. The third kappa shape index (κ3) is 4.82. The zero-order chi connectivity index (χ0) is 29.7. The number of hydrogen-bond acceptors (Lipinski definition) is 3. The fourth-order valence-corrected chi connectivity index (χ4v) is 8.17. The van der Waals surface area contributed by atoms with Crippen LogP contribution in [0.4, 0.5) is 0 Å². The van der Waals surface area contributed by atoms with Crippen LogP contribution < -0.4 is 0 Å². The van der Waals surface area contributed by atoms with E-state index in [1.165, 1.54) is 44.2 Å². The Morgan fingerprint density at radius 3 is 2.64 bits per heavy atom. The van der Waals surface area contributed by atoms with E-state index in [1.54, 1.807) is 0 Å². The molecule has 4 aliphatic carbocycles. The molecule has 0 saturated carbocycles. The van der Waals surface area contributed by atoms with Crippen molar-refractivity contribution >= 4 is 44.2 Å². The van der Waals surface area contributed by atoms with Crippen molar-refractivity contribution in [3.05, 3.63) is 138 Å². The highest BCUT2D eigenvalue weighted by Gasteiger charge is 2.41. The molecule has 222 valence electrons. The lowest BCUT2D eigenvalue weighted by molar-refractivity contribution is -0.0525. The summed E-state index contributed by atoms with van der Waals surface area (Å²) in [4.78, 5) is 5.19. The second kappa shape index (κ2) is 11.2. The van der Waals surface area contributed by atoms with Crippen LogP contribution in [0.1, 0.15) is 61.0 Å². The summed E-state index contributed by atoms with van der Waals surface area (Å²) in [6, 6.07) is 19.5. The molecule has 4 unspecified atom stereocenters. The molecule has 45 heavy (non-hydrogen) atoms. The van der Waals surface area contributed by atoms with Crippen molar-refractivity contribution in [3.8, 4) is 0 Å². The van der Waals surface area contributed by atoms with Crippen molar-refractivity contribution < 1.29 is 9.15 Å². The molecule has 2 aromatic heterocycles. The number of benzene rings is 2. The summed E-state index contributed by atoms with van der Waals surface area (Å²) < 4.78 is 12.8. The molecule has 1 fully saturated rings. The Bertz CT molecular complexity index is 2040. The van der Waals surface area contributed by atoms with Crippen molar-refractivity contribution in [3.63, 3.8) is 0 Å². The number of pyridine rings is 1. The first-order valence-electron chi connectivity index (χ1n) is 16.7. The van der Waals surface area contributed by atoms with Crippen molar-refractivity contribution in [1.82, 2.24) is 4.98 Å². The highest BCUT2D eigenvalue weighted by molar-refractivity contribution is 6.11. The van der Waals surface area contributed by atoms with Gasteiger partial charge in [0.1, 0.15) is 11.2 Å². The Balaban J connectivity index is 1.06. The molecule has 3 heteroatoms. The maximum Gasteiger partial charge on any atom is 0.136 e. The largest absolute Gasteiger partial charge is 0.456 e. The van der Waals surface area contributed by atoms with Gasteiger partial charge < -0.3 is 9.15 Å². The average molecular weight is 588 g/mol. The van der Waals surface area contributed by atoms with Crippen LogP contribution in [-0.2, 0) is 4.74 Å². The molecule has 5 aliphatic rings. The highest BCUT2D eigenvalue weighted by Crippen LogP contribution is 2.47. The van der Waals surface area contributed by atoms with Gasteiger partial charge in [-0.15, -0.1) is 0 Å². The topological polar surface area (TPSA) is 35.3 Å². The van der Waals surface area contributed by atoms with Crippen LogP contribution in [0.5, 0.6) is 0 Å². The lowest BCUT2D eigenvalue weighted by Crippen LogP contribution is -2.42. The number of nitrogens with zero attached hydrogens (tertiary/aromatic N) is 1. The number of para-hydroxylation sites is 1. The molecule has 9 rings (SSSR count). The van der Waals surface area contributed by atoms with Gasteiger partial charge in [-0.1, -0.05) is 91.1 Å². The zero-order valence-corrected chi connectivity index (χ0v) is 25.5. The summed E-state index contributed by atoms with van der Waals surface area (Å²) in [6.07, 6.45) is 29.7. The molecule has 1 aliphatic heterocycles. The molecule has 0 bridgehead atoms. The Hall–Kier alpha value is -4.47. The maximum absolute atomic E-state index is 6.58. The molecular formula is C42H37NO2. The highest BCUT2D eigenvalue weighted by atomic mass is 16.5. The number of rotatable bonds is 4. The second-order valence-corrected chi connectivity index (χ2v) is 13.2. The molecule has 0 N–H and O–H groups in total. The Morgan fingerprint density at radius 2 is 1.73 bits per heavy atom. The lowest BCUT2D eigenvalue weighted by Gasteiger charge is -2.44. The summed E-state index contributed by atoms with van der Waals surface area (Å²) in [6.45, 7) is 0.813. The summed E-state index contributed by atoms with van der Waals surface area (Å²) in [5.74, 6) is 1.41. The van der Waals surface area contributed by atoms with Gasteiger partial charge >= 0.3 is 0 Å². The summed E-state index contributed by atoms with van der Waals surface area (Å²) in [5.41, 5.74) is 12.0. The van der Waals surface area contributed by atoms with E-state index in [2.05, 4.69) is 109 Å². The second-order valence-electron chi connectivity index (χ2n) is 13.2. The van der Waals surface area contributed by atoms with E-state index in [-0.39, 0.29) is 6.10 Å². The van der Waals surface area contributed by atoms with Gasteiger partial charge in [0.05, 0.1) is 24.1 Å². The lowest BCUT2D eigenvalue weighted by atomic mass is 9.67. The minimum absolute atomic E-state index is 0.140. The van der Waals surface area contributed by atoms with E-state index in [1.807, 2.05) is 6.07 Å². The van der Waals surface area contributed by atoms with Gasteiger partial charge in [-0.2, -0.15) is 0 Å². The molecule has 0 radical (unpaired) electrons.